The van der Waals surface area contributed by atoms with Gasteiger partial charge in [0.25, 0.3) is 11.5 Å². The number of nitrogens with zero attached hydrogens (tertiary/aromatic N) is 8. The van der Waals surface area contributed by atoms with Crippen molar-refractivity contribution in [2.24, 2.45) is 0 Å². The van der Waals surface area contributed by atoms with E-state index in [9.17, 15) is 24.3 Å². The lowest BCUT2D eigenvalue weighted by Crippen LogP contribution is -2.50. The summed E-state index contributed by atoms with van der Waals surface area (Å²) in [6.07, 6.45) is -5.59. The van der Waals surface area contributed by atoms with Crippen LogP contribution in [0, 0.1) is 11.3 Å². The molecule has 1 aromatic carbocycles. The van der Waals surface area contributed by atoms with Gasteiger partial charge in [-0.3, -0.25) is 41.3 Å². The predicted octanol–water partition coefficient (Wildman–Crippen LogP) is 5.04. The number of hydrogen-bond donors (Lipinski definition) is 3. The average Bonchev–Trinajstić information content (AvgIpc) is 4.05. The lowest BCUT2D eigenvalue weighted by Gasteiger charge is -2.40. The zero-order chi connectivity index (χ0) is 48.8. The van der Waals surface area contributed by atoms with Crippen LogP contribution in [0.2, 0.25) is 23.2 Å². The van der Waals surface area contributed by atoms with E-state index in [2.05, 4.69) is 35.2 Å². The molecule has 1 amide bonds. The minimum absolute atomic E-state index is 0.0463. The van der Waals surface area contributed by atoms with Crippen molar-refractivity contribution in [1.82, 2.24) is 39.0 Å². The maximum absolute atomic E-state index is 15.3. The van der Waals surface area contributed by atoms with E-state index in [0.29, 0.717) is 5.56 Å². The van der Waals surface area contributed by atoms with Gasteiger partial charge in [0.1, 0.15) is 43.0 Å². The number of phosphoric ester groups is 2. The van der Waals surface area contributed by atoms with Crippen molar-refractivity contribution in [3.63, 3.8) is 0 Å². The van der Waals surface area contributed by atoms with E-state index in [0.717, 1.165) is 0 Å². The molecule has 4 aromatic heterocycles. The Labute approximate surface area is 393 Å². The summed E-state index contributed by atoms with van der Waals surface area (Å²) >= 11 is 0. The SMILES string of the molecule is CC(C)(C)[SiH2]O[C@@H]1C2COP(=O)(OCCC#N)O[C@H]3C(n4cnc5c(NC(=O)c6ccccc6)ncnc54)OC(COP(=O)(O)O[C@H]1C(n1cnc4c(=O)[nH]cnc41)O2)[C@H]3O[Si](C)(C)C(C)(C)C. The summed E-state index contributed by atoms with van der Waals surface area (Å²) in [5.74, 6) is -0.384. The maximum Gasteiger partial charge on any atom is 0.475 e. The van der Waals surface area contributed by atoms with E-state index in [1.807, 2.05) is 60.7 Å². The van der Waals surface area contributed by atoms with Gasteiger partial charge in [0.2, 0.25) is 0 Å². The third kappa shape index (κ3) is 10.7. The molecule has 0 radical (unpaired) electrons. The molecule has 3 aliphatic rings. The van der Waals surface area contributed by atoms with Crippen molar-refractivity contribution < 1.29 is 59.8 Å². The number of rotatable bonds is 11. The number of hydrogen-bond acceptors (Lipinski definition) is 19. The van der Waals surface area contributed by atoms with Crippen molar-refractivity contribution in [2.45, 2.75) is 120 Å². The molecule has 28 heteroatoms. The van der Waals surface area contributed by atoms with Crippen LogP contribution in [0.4, 0.5) is 5.82 Å². The first-order chi connectivity index (χ1) is 32.1. The fourth-order valence-corrected chi connectivity index (χ4v) is 12.2. The van der Waals surface area contributed by atoms with Crippen LogP contribution in [-0.2, 0) is 50.1 Å². The number of aromatic amines is 1. The summed E-state index contributed by atoms with van der Waals surface area (Å²) in [4.78, 5) is 61.9. The fourth-order valence-electron chi connectivity index (χ4n) is 7.48. The number of imidazole rings is 2. The Hall–Kier alpha value is -4.43. The van der Waals surface area contributed by atoms with Gasteiger partial charge in [-0.15, -0.1) is 0 Å². The number of nitrogens with one attached hydrogen (secondary N) is 2. The van der Waals surface area contributed by atoms with Gasteiger partial charge >= 0.3 is 15.6 Å². The van der Waals surface area contributed by atoms with Crippen LogP contribution >= 0.6 is 15.6 Å². The maximum atomic E-state index is 15.3. The number of aromatic nitrogens is 8. The predicted molar refractivity (Wildman–Crippen MR) is 246 cm³/mol. The smallest absolute Gasteiger partial charge is 0.415 e. The average molecular weight is 1020 g/mol. The van der Waals surface area contributed by atoms with E-state index in [-0.39, 0.29) is 46.2 Å². The zero-order valence-electron chi connectivity index (χ0n) is 38.6. The van der Waals surface area contributed by atoms with Gasteiger partial charge in [-0.2, -0.15) is 5.26 Å². The molecular formula is C40H54N10O14P2Si2. The number of carbonyl (C=O) groups is 1. The van der Waals surface area contributed by atoms with Crippen molar-refractivity contribution in [2.75, 3.05) is 25.1 Å². The van der Waals surface area contributed by atoms with Gasteiger partial charge in [-0.05, 0) is 35.3 Å². The second-order valence-electron chi connectivity index (χ2n) is 19.1. The standard InChI is InChI=1S/C40H54N10O14P2Si2/c1-39(2,3)67-63-28-24-18-58-66(55,56-16-12-15-41)62-31-29(64-68(7,8)40(4,5)6)25(17-57-65(53,54)61-30(28)37(59-24)50-22-47-27-34(50)44-20-45-36(27)52)60-38(31)49-21-46-26-32(42-19-43-33(26)49)48-35(51)23-13-10-9-11-14-23/h9-11,13-14,19-22,24-25,28-31,37-38H,12,16-18,67H2,1-8H3,(H,53,54)(H,44,45,52)(H,42,43,48,51)/t24?,25?,28-,29-,30-,31-,37?,38?,66?/m1/s1. The first kappa shape index (κ1) is 50.0. The van der Waals surface area contributed by atoms with Gasteiger partial charge in [0, 0.05) is 5.56 Å². The number of carbonyl (C=O) groups excluding carboxylic acids is 1. The Morgan fingerprint density at radius 2 is 1.56 bits per heavy atom. The summed E-state index contributed by atoms with van der Waals surface area (Å²) in [7, 11) is -14.3. The molecule has 7 heterocycles. The molecule has 6 unspecified atom stereocenters. The molecule has 0 spiro atoms. The number of benzene rings is 1. The summed E-state index contributed by atoms with van der Waals surface area (Å²) in [6.45, 7) is 14.2. The Morgan fingerprint density at radius 1 is 0.926 bits per heavy atom. The second-order valence-corrected chi connectivity index (χ2v) is 29.6. The van der Waals surface area contributed by atoms with Gasteiger partial charge in [-0.25, -0.2) is 34.0 Å². The highest BCUT2D eigenvalue weighted by Crippen LogP contribution is 2.57. The fraction of sp³-hybridized carbons (Fsp3) is 0.550. The Kier molecular flexibility index (Phi) is 14.3. The molecule has 3 N–H and O–H groups in total. The van der Waals surface area contributed by atoms with Crippen molar-refractivity contribution in [3.05, 3.63) is 71.6 Å². The molecule has 3 aliphatic heterocycles. The minimum Gasteiger partial charge on any atom is -0.415 e. The number of fused-ring (bicyclic) bond motifs is 6. The van der Waals surface area contributed by atoms with Crippen LogP contribution in [0.25, 0.3) is 22.3 Å². The molecule has 68 heavy (non-hydrogen) atoms. The second kappa shape index (κ2) is 19.4. The van der Waals surface area contributed by atoms with Crippen LogP contribution in [-0.4, -0.2) is 124 Å². The number of anilines is 1. The molecule has 3 fully saturated rings. The molecule has 10 atom stereocenters. The molecule has 5 aromatic rings. The molecule has 0 aliphatic carbocycles. The molecule has 8 rings (SSSR count). The monoisotopic (exact) mass is 1020 g/mol. The summed E-state index contributed by atoms with van der Waals surface area (Å²) in [5.41, 5.74) is 0.138. The zero-order valence-corrected chi connectivity index (χ0v) is 42.8. The van der Waals surface area contributed by atoms with Crippen LogP contribution in [0.15, 0.2) is 60.4 Å². The third-order valence-electron chi connectivity index (χ3n) is 11.8. The van der Waals surface area contributed by atoms with E-state index in [4.69, 9.17) is 40.9 Å². The molecule has 0 saturated carbocycles. The highest BCUT2D eigenvalue weighted by Gasteiger charge is 2.57. The number of H-pyrrole nitrogens is 1. The normalized spacial score (nSPS) is 29.6. The van der Waals surface area contributed by atoms with E-state index >= 15 is 4.57 Å². The number of nitriles is 1. The lowest BCUT2D eigenvalue weighted by atomic mass is 10.1. The lowest BCUT2D eigenvalue weighted by molar-refractivity contribution is -0.0691. The molecule has 366 valence electrons. The van der Waals surface area contributed by atoms with Crippen molar-refractivity contribution >= 4 is 67.8 Å². The third-order valence-corrected chi connectivity index (χ3v) is 20.2. The van der Waals surface area contributed by atoms with Crippen molar-refractivity contribution in [3.8, 4) is 6.07 Å². The van der Waals surface area contributed by atoms with Gasteiger partial charge in [0.05, 0.1) is 51.3 Å². The highest BCUT2D eigenvalue weighted by atomic mass is 31.2. The quantitative estimate of drug-likeness (QED) is 0.0887. The summed E-state index contributed by atoms with van der Waals surface area (Å²) in [6, 6.07) is 10.5. The first-order valence-electron chi connectivity index (χ1n) is 21.7. The number of phosphoric acid groups is 2. The van der Waals surface area contributed by atoms with Crippen molar-refractivity contribution in [1.29, 1.82) is 5.26 Å². The number of ether oxygens (including phenoxy) is 2. The molecular weight excluding hydrogens is 963 g/mol. The van der Waals surface area contributed by atoms with E-state index in [1.54, 1.807) is 30.3 Å². The molecule has 24 nitrogen and oxygen atoms in total. The van der Waals surface area contributed by atoms with Crippen LogP contribution in [0.5, 0.6) is 0 Å². The largest absolute Gasteiger partial charge is 0.475 e. The molecule has 3 saturated heterocycles. The summed E-state index contributed by atoms with van der Waals surface area (Å²) < 4.78 is 89.8. The van der Waals surface area contributed by atoms with Gasteiger partial charge < -0.3 is 33.5 Å². The van der Waals surface area contributed by atoms with E-state index in [1.165, 1.54) is 34.4 Å². The Morgan fingerprint density at radius 3 is 2.22 bits per heavy atom. The van der Waals surface area contributed by atoms with Crippen LogP contribution < -0.4 is 10.9 Å². The first-order valence-corrected chi connectivity index (χ1v) is 28.9. The highest BCUT2D eigenvalue weighted by molar-refractivity contribution is 7.48. The number of amides is 1. The Bertz CT molecular complexity index is 2830. The Balaban J connectivity index is 1.23. The van der Waals surface area contributed by atoms with Crippen LogP contribution in [0.3, 0.4) is 0 Å². The minimum atomic E-state index is -5.13. The van der Waals surface area contributed by atoms with Gasteiger partial charge in [0.15, 0.2) is 58.7 Å². The van der Waals surface area contributed by atoms with Gasteiger partial charge in [-0.1, -0.05) is 59.7 Å². The van der Waals surface area contributed by atoms with Crippen LogP contribution in [0.1, 0.15) is 70.8 Å². The van der Waals surface area contributed by atoms with E-state index < -0.39 is 113 Å². The summed E-state index contributed by atoms with van der Waals surface area (Å²) in [5, 5.41) is 11.6. The molecule has 4 bridgehead atoms. The topological polar surface area (TPSA) is 298 Å².